The van der Waals surface area contributed by atoms with E-state index in [1.54, 1.807) is 30.3 Å². The summed E-state index contributed by atoms with van der Waals surface area (Å²) in [5, 5.41) is 2.83. The molecule has 1 saturated carbocycles. The first-order chi connectivity index (χ1) is 13.8. The van der Waals surface area contributed by atoms with Gasteiger partial charge in [-0.2, -0.15) is 0 Å². The number of hydrogen-bond acceptors (Lipinski definition) is 6. The lowest BCUT2D eigenvalue weighted by Crippen LogP contribution is -2.33. The third-order valence-electron chi connectivity index (χ3n) is 4.45. The molecule has 0 heterocycles. The van der Waals surface area contributed by atoms with Crippen LogP contribution in [0.15, 0.2) is 59.5 Å². The fraction of sp³-hybridized carbons (Fsp3) is 0.300. The number of carbonyl (C=O) groups excluding carboxylic acids is 2. The van der Waals surface area contributed by atoms with Crippen molar-refractivity contribution in [1.29, 1.82) is 0 Å². The number of rotatable bonds is 8. The Morgan fingerprint density at radius 3 is 2.41 bits per heavy atom. The summed E-state index contributed by atoms with van der Waals surface area (Å²) in [6, 6.07) is 14.2. The average molecular weight is 418 g/mol. The first-order valence-corrected chi connectivity index (χ1v) is 10.5. The van der Waals surface area contributed by atoms with Gasteiger partial charge in [0.15, 0.2) is 0 Å². The van der Waals surface area contributed by atoms with Crippen LogP contribution in [0.4, 0.5) is 0 Å². The standard InChI is InChI=1S/C20H22N2O6S/c1-22(27-2)29(25,26)17-10-6-9-15(13-17)20(24)28-18(14-7-4-3-5-8-14)19(23)21-16-11-12-16/h3-10,13,16,18H,11-12H2,1-2H3,(H,21,23)/t18-/m1/s1. The summed E-state index contributed by atoms with van der Waals surface area (Å²) < 4.78 is 31.0. The monoisotopic (exact) mass is 418 g/mol. The van der Waals surface area contributed by atoms with Gasteiger partial charge in [0, 0.05) is 18.7 Å². The van der Waals surface area contributed by atoms with Crippen LogP contribution in [0.25, 0.3) is 0 Å². The van der Waals surface area contributed by atoms with Crippen LogP contribution in [0.5, 0.6) is 0 Å². The third kappa shape index (κ3) is 5.00. The number of amides is 1. The Bertz CT molecular complexity index is 989. The van der Waals surface area contributed by atoms with E-state index in [1.165, 1.54) is 38.4 Å². The van der Waals surface area contributed by atoms with Gasteiger partial charge in [-0.1, -0.05) is 40.9 Å². The highest BCUT2D eigenvalue weighted by molar-refractivity contribution is 7.89. The lowest BCUT2D eigenvalue weighted by atomic mass is 10.1. The minimum absolute atomic E-state index is 0.00994. The quantitative estimate of drug-likeness (QED) is 0.520. The van der Waals surface area contributed by atoms with Crippen molar-refractivity contribution in [3.8, 4) is 0 Å². The normalized spacial score (nSPS) is 15.0. The highest BCUT2D eigenvalue weighted by Crippen LogP contribution is 2.25. The molecule has 1 atom stereocenters. The number of benzene rings is 2. The van der Waals surface area contributed by atoms with Gasteiger partial charge in [0.2, 0.25) is 6.10 Å². The zero-order valence-corrected chi connectivity index (χ0v) is 16.9. The van der Waals surface area contributed by atoms with E-state index in [9.17, 15) is 18.0 Å². The Kier molecular flexibility index (Phi) is 6.31. The Morgan fingerprint density at radius 2 is 1.79 bits per heavy atom. The van der Waals surface area contributed by atoms with Crippen molar-refractivity contribution in [2.45, 2.75) is 29.9 Å². The largest absolute Gasteiger partial charge is 0.444 e. The van der Waals surface area contributed by atoms with Gasteiger partial charge in [-0.25, -0.2) is 13.2 Å². The van der Waals surface area contributed by atoms with E-state index in [4.69, 9.17) is 9.57 Å². The molecule has 3 rings (SSSR count). The van der Waals surface area contributed by atoms with Gasteiger partial charge in [0.25, 0.3) is 15.9 Å². The number of nitrogens with zero attached hydrogens (tertiary/aromatic N) is 1. The number of nitrogens with one attached hydrogen (secondary N) is 1. The molecule has 1 fully saturated rings. The second-order valence-electron chi connectivity index (χ2n) is 6.60. The number of esters is 1. The summed E-state index contributed by atoms with van der Waals surface area (Å²) in [6.07, 6.45) is 0.661. The van der Waals surface area contributed by atoms with Crippen LogP contribution in [0, 0.1) is 0 Å². The smallest absolute Gasteiger partial charge is 0.339 e. The van der Waals surface area contributed by atoms with Gasteiger partial charge in [-0.3, -0.25) is 9.63 Å². The van der Waals surface area contributed by atoms with E-state index in [0.717, 1.165) is 12.8 Å². The predicted molar refractivity (Wildman–Crippen MR) is 104 cm³/mol. The molecule has 0 radical (unpaired) electrons. The predicted octanol–water partition coefficient (Wildman–Crippen LogP) is 2.05. The molecule has 9 heteroatoms. The molecule has 154 valence electrons. The van der Waals surface area contributed by atoms with E-state index in [-0.39, 0.29) is 16.5 Å². The summed E-state index contributed by atoms with van der Waals surface area (Å²) in [5.41, 5.74) is 0.539. The minimum atomic E-state index is -3.93. The maximum absolute atomic E-state index is 12.7. The number of ether oxygens (including phenoxy) is 1. The zero-order chi connectivity index (χ0) is 21.0. The topological polar surface area (TPSA) is 102 Å². The molecule has 1 N–H and O–H groups in total. The summed E-state index contributed by atoms with van der Waals surface area (Å²) in [7, 11) is -1.46. The van der Waals surface area contributed by atoms with E-state index in [2.05, 4.69) is 5.32 Å². The molecule has 0 saturated heterocycles. The van der Waals surface area contributed by atoms with Crippen molar-refractivity contribution < 1.29 is 27.6 Å². The fourth-order valence-corrected chi connectivity index (χ4v) is 3.63. The molecule has 0 bridgehead atoms. The van der Waals surface area contributed by atoms with Crippen molar-refractivity contribution in [1.82, 2.24) is 9.79 Å². The maximum atomic E-state index is 12.7. The summed E-state index contributed by atoms with van der Waals surface area (Å²) in [6.45, 7) is 0. The first-order valence-electron chi connectivity index (χ1n) is 9.02. The van der Waals surface area contributed by atoms with Crippen LogP contribution in [-0.4, -0.2) is 45.0 Å². The Morgan fingerprint density at radius 1 is 1.10 bits per heavy atom. The molecule has 1 amide bonds. The molecule has 8 nitrogen and oxygen atoms in total. The van der Waals surface area contributed by atoms with E-state index >= 15 is 0 Å². The van der Waals surface area contributed by atoms with Gasteiger partial charge < -0.3 is 10.1 Å². The number of carbonyl (C=O) groups is 2. The van der Waals surface area contributed by atoms with E-state index in [0.29, 0.717) is 10.0 Å². The number of hydroxylamine groups is 1. The van der Waals surface area contributed by atoms with Gasteiger partial charge in [0.05, 0.1) is 17.6 Å². The van der Waals surface area contributed by atoms with Crippen LogP contribution in [0.2, 0.25) is 0 Å². The second kappa shape index (κ2) is 8.73. The minimum Gasteiger partial charge on any atom is -0.444 e. The van der Waals surface area contributed by atoms with Gasteiger partial charge in [-0.15, -0.1) is 0 Å². The molecule has 2 aromatic rings. The van der Waals surface area contributed by atoms with Crippen molar-refractivity contribution in [3.63, 3.8) is 0 Å². The van der Waals surface area contributed by atoms with Crippen molar-refractivity contribution >= 4 is 21.9 Å². The zero-order valence-electron chi connectivity index (χ0n) is 16.1. The molecule has 0 aromatic heterocycles. The summed E-state index contributed by atoms with van der Waals surface area (Å²) in [5.74, 6) is -1.21. The van der Waals surface area contributed by atoms with Gasteiger partial charge >= 0.3 is 5.97 Å². The molecule has 2 aromatic carbocycles. The number of sulfonamides is 1. The first kappa shape index (κ1) is 21.0. The lowest BCUT2D eigenvalue weighted by molar-refractivity contribution is -0.130. The highest BCUT2D eigenvalue weighted by Gasteiger charge is 2.31. The van der Waals surface area contributed by atoms with Gasteiger partial charge in [0.1, 0.15) is 0 Å². The Hall–Kier alpha value is -2.75. The van der Waals surface area contributed by atoms with Crippen molar-refractivity contribution in [2.24, 2.45) is 0 Å². The highest BCUT2D eigenvalue weighted by atomic mass is 32.2. The molecular formula is C20H22N2O6S. The summed E-state index contributed by atoms with van der Waals surface area (Å²) in [4.78, 5) is 29.9. The lowest BCUT2D eigenvalue weighted by Gasteiger charge is -2.18. The van der Waals surface area contributed by atoms with Crippen LogP contribution in [0.3, 0.4) is 0 Å². The second-order valence-corrected chi connectivity index (χ2v) is 8.54. The van der Waals surface area contributed by atoms with Gasteiger partial charge in [-0.05, 0) is 31.0 Å². The molecule has 1 aliphatic carbocycles. The van der Waals surface area contributed by atoms with E-state index in [1.807, 2.05) is 0 Å². The Balaban J connectivity index is 1.84. The van der Waals surface area contributed by atoms with Crippen LogP contribution >= 0.6 is 0 Å². The Labute approximate surface area is 169 Å². The fourth-order valence-electron chi connectivity index (χ4n) is 2.61. The molecule has 29 heavy (non-hydrogen) atoms. The van der Waals surface area contributed by atoms with Crippen LogP contribution in [0.1, 0.15) is 34.9 Å². The third-order valence-corrected chi connectivity index (χ3v) is 6.13. The van der Waals surface area contributed by atoms with E-state index < -0.39 is 28.0 Å². The molecule has 0 spiro atoms. The van der Waals surface area contributed by atoms with Crippen molar-refractivity contribution in [3.05, 3.63) is 65.7 Å². The number of hydrogen-bond donors (Lipinski definition) is 1. The average Bonchev–Trinajstić information content (AvgIpc) is 3.55. The van der Waals surface area contributed by atoms with Crippen LogP contribution < -0.4 is 5.32 Å². The molecule has 0 unspecified atom stereocenters. The SMILES string of the molecule is CON(C)S(=O)(=O)c1cccc(C(=O)O[C@@H](C(=O)NC2CC2)c2ccccc2)c1. The van der Waals surface area contributed by atoms with Crippen LogP contribution in [-0.2, 0) is 24.4 Å². The molecular weight excluding hydrogens is 396 g/mol. The maximum Gasteiger partial charge on any atom is 0.339 e. The summed E-state index contributed by atoms with van der Waals surface area (Å²) >= 11 is 0. The van der Waals surface area contributed by atoms with Crippen molar-refractivity contribution in [2.75, 3.05) is 14.2 Å². The molecule has 1 aliphatic rings. The molecule has 0 aliphatic heterocycles.